The van der Waals surface area contributed by atoms with Crippen LogP contribution in [0, 0.1) is 0 Å². The number of methoxy groups -OCH3 is 1. The molecular weight excluding hydrogens is 354 g/mol. The van der Waals surface area contributed by atoms with Crippen molar-refractivity contribution in [2.24, 2.45) is 0 Å². The van der Waals surface area contributed by atoms with Crippen molar-refractivity contribution in [1.29, 1.82) is 0 Å². The van der Waals surface area contributed by atoms with E-state index in [-0.39, 0.29) is 5.91 Å². The third kappa shape index (κ3) is 4.83. The lowest BCUT2D eigenvalue weighted by Crippen LogP contribution is -2.27. The summed E-state index contributed by atoms with van der Waals surface area (Å²) in [7, 11) is 1.60. The number of hydrogen-bond acceptors (Lipinski definition) is 5. The van der Waals surface area contributed by atoms with Crippen molar-refractivity contribution in [3.63, 3.8) is 0 Å². The lowest BCUT2D eigenvalue weighted by molar-refractivity contribution is -0.120. The Morgan fingerprint density at radius 2 is 2.04 bits per heavy atom. The first-order chi connectivity index (χ1) is 12.6. The zero-order chi connectivity index (χ0) is 18.4. The van der Waals surface area contributed by atoms with E-state index in [0.29, 0.717) is 36.1 Å². The highest BCUT2D eigenvalue weighted by Crippen LogP contribution is 2.21. The van der Waals surface area contributed by atoms with Crippen molar-refractivity contribution in [2.75, 3.05) is 13.7 Å². The number of amides is 1. The number of hydrogen-bond donors (Lipinski definition) is 1. The van der Waals surface area contributed by atoms with Crippen LogP contribution in [0.25, 0.3) is 11.4 Å². The van der Waals surface area contributed by atoms with Crippen molar-refractivity contribution >= 4 is 17.5 Å². The SMILES string of the molecule is COc1cccc(-c2noc(CCNC(=O)Cc3ccc(Cl)cc3)n2)c1. The van der Waals surface area contributed by atoms with E-state index in [9.17, 15) is 4.79 Å². The van der Waals surface area contributed by atoms with Gasteiger partial charge in [-0.2, -0.15) is 4.98 Å². The molecule has 1 N–H and O–H groups in total. The van der Waals surface area contributed by atoms with Gasteiger partial charge in [0.15, 0.2) is 0 Å². The van der Waals surface area contributed by atoms with Gasteiger partial charge in [0.25, 0.3) is 0 Å². The van der Waals surface area contributed by atoms with Crippen molar-refractivity contribution in [2.45, 2.75) is 12.8 Å². The Bertz CT molecular complexity index is 878. The summed E-state index contributed by atoms with van der Waals surface area (Å²) < 4.78 is 10.4. The van der Waals surface area contributed by atoms with Crippen LogP contribution in [-0.2, 0) is 17.6 Å². The number of nitrogens with zero attached hydrogens (tertiary/aromatic N) is 2. The number of aromatic nitrogens is 2. The first-order valence-electron chi connectivity index (χ1n) is 8.12. The van der Waals surface area contributed by atoms with E-state index < -0.39 is 0 Å². The van der Waals surface area contributed by atoms with Crippen LogP contribution < -0.4 is 10.1 Å². The fourth-order valence-corrected chi connectivity index (χ4v) is 2.52. The maximum atomic E-state index is 12.0. The number of ether oxygens (including phenoxy) is 1. The standard InChI is InChI=1S/C19H18ClN3O3/c1-25-16-4-2-3-14(12-16)19-22-18(26-23-19)9-10-21-17(24)11-13-5-7-15(20)8-6-13/h2-8,12H,9-11H2,1H3,(H,21,24). The quantitative estimate of drug-likeness (QED) is 0.689. The molecule has 134 valence electrons. The van der Waals surface area contributed by atoms with Gasteiger partial charge in [0.05, 0.1) is 13.5 Å². The zero-order valence-electron chi connectivity index (χ0n) is 14.2. The Labute approximate surface area is 156 Å². The van der Waals surface area contributed by atoms with Crippen LogP contribution in [0.5, 0.6) is 5.75 Å². The first-order valence-corrected chi connectivity index (χ1v) is 8.50. The molecule has 0 aliphatic carbocycles. The molecule has 1 heterocycles. The molecule has 0 aliphatic heterocycles. The predicted octanol–water partition coefficient (Wildman–Crippen LogP) is 3.30. The van der Waals surface area contributed by atoms with E-state index in [1.165, 1.54) is 0 Å². The monoisotopic (exact) mass is 371 g/mol. The molecule has 3 rings (SSSR count). The summed E-state index contributed by atoms with van der Waals surface area (Å²) in [5.41, 5.74) is 1.72. The van der Waals surface area contributed by atoms with Crippen molar-refractivity contribution < 1.29 is 14.1 Å². The molecule has 1 aromatic heterocycles. The van der Waals surface area contributed by atoms with E-state index >= 15 is 0 Å². The molecule has 0 saturated carbocycles. The maximum absolute atomic E-state index is 12.0. The number of nitrogens with one attached hydrogen (secondary N) is 1. The molecule has 7 heteroatoms. The largest absolute Gasteiger partial charge is 0.497 e. The lowest BCUT2D eigenvalue weighted by atomic mass is 10.1. The summed E-state index contributed by atoms with van der Waals surface area (Å²) in [6.07, 6.45) is 0.763. The van der Waals surface area contributed by atoms with Crippen molar-refractivity contribution in [3.8, 4) is 17.1 Å². The second-order valence-corrected chi connectivity index (χ2v) is 6.08. The summed E-state index contributed by atoms with van der Waals surface area (Å²) in [5.74, 6) is 1.61. The number of carbonyl (C=O) groups excluding carboxylic acids is 1. The van der Waals surface area contributed by atoms with Crippen LogP contribution in [0.3, 0.4) is 0 Å². The van der Waals surface area contributed by atoms with Gasteiger partial charge >= 0.3 is 0 Å². The van der Waals surface area contributed by atoms with Gasteiger partial charge in [0.1, 0.15) is 5.75 Å². The molecule has 0 unspecified atom stereocenters. The van der Waals surface area contributed by atoms with Gasteiger partial charge in [-0.15, -0.1) is 0 Å². The van der Waals surface area contributed by atoms with Gasteiger partial charge < -0.3 is 14.6 Å². The number of halogens is 1. The Morgan fingerprint density at radius 1 is 1.23 bits per heavy atom. The normalized spacial score (nSPS) is 10.5. The molecule has 0 aliphatic rings. The van der Waals surface area contributed by atoms with E-state index in [0.717, 1.165) is 16.9 Å². The Hall–Kier alpha value is -2.86. The molecule has 2 aromatic carbocycles. The summed E-state index contributed by atoms with van der Waals surface area (Å²) in [6.45, 7) is 0.423. The second-order valence-electron chi connectivity index (χ2n) is 5.65. The van der Waals surface area contributed by atoms with Crippen LogP contribution in [0.2, 0.25) is 5.02 Å². The topological polar surface area (TPSA) is 77.3 Å². The van der Waals surface area contributed by atoms with Crippen LogP contribution in [0.15, 0.2) is 53.1 Å². The minimum absolute atomic E-state index is 0.0696. The molecule has 3 aromatic rings. The molecular formula is C19H18ClN3O3. The Balaban J connectivity index is 1.50. The van der Waals surface area contributed by atoms with E-state index in [2.05, 4.69) is 15.5 Å². The molecule has 0 bridgehead atoms. The van der Waals surface area contributed by atoms with Crippen molar-refractivity contribution in [1.82, 2.24) is 15.5 Å². The van der Waals surface area contributed by atoms with Gasteiger partial charge in [-0.3, -0.25) is 4.79 Å². The Kier molecular flexibility index (Phi) is 5.86. The van der Waals surface area contributed by atoms with Crippen LogP contribution in [0.4, 0.5) is 0 Å². The van der Waals surface area contributed by atoms with Crippen LogP contribution in [-0.4, -0.2) is 29.7 Å². The molecule has 0 saturated heterocycles. The van der Waals surface area contributed by atoms with E-state index in [1.807, 2.05) is 36.4 Å². The average Bonchev–Trinajstić information content (AvgIpc) is 3.13. The smallest absolute Gasteiger partial charge is 0.228 e. The molecule has 0 spiro atoms. The highest BCUT2D eigenvalue weighted by atomic mass is 35.5. The van der Waals surface area contributed by atoms with Gasteiger partial charge in [0, 0.05) is 23.6 Å². The molecule has 6 nitrogen and oxygen atoms in total. The third-order valence-corrected chi connectivity index (χ3v) is 3.99. The number of rotatable bonds is 7. The summed E-state index contributed by atoms with van der Waals surface area (Å²) in [6, 6.07) is 14.6. The molecule has 0 fully saturated rings. The minimum atomic E-state index is -0.0696. The molecule has 0 radical (unpaired) electrons. The van der Waals surface area contributed by atoms with E-state index in [4.69, 9.17) is 20.9 Å². The van der Waals surface area contributed by atoms with Gasteiger partial charge in [0.2, 0.25) is 17.6 Å². The van der Waals surface area contributed by atoms with Gasteiger partial charge in [-0.25, -0.2) is 0 Å². The molecule has 26 heavy (non-hydrogen) atoms. The maximum Gasteiger partial charge on any atom is 0.228 e. The summed E-state index contributed by atoms with van der Waals surface area (Å²) in [5, 5.41) is 7.46. The third-order valence-electron chi connectivity index (χ3n) is 3.73. The number of benzene rings is 2. The average molecular weight is 372 g/mol. The highest BCUT2D eigenvalue weighted by Gasteiger charge is 2.10. The predicted molar refractivity (Wildman–Crippen MR) is 98.2 cm³/mol. The lowest BCUT2D eigenvalue weighted by Gasteiger charge is -2.03. The van der Waals surface area contributed by atoms with Crippen LogP contribution >= 0.6 is 11.6 Å². The first kappa shape index (κ1) is 17.9. The van der Waals surface area contributed by atoms with Gasteiger partial charge in [-0.05, 0) is 29.8 Å². The number of carbonyl (C=O) groups is 1. The Morgan fingerprint density at radius 3 is 2.81 bits per heavy atom. The molecule has 0 atom stereocenters. The van der Waals surface area contributed by atoms with Gasteiger partial charge in [-0.1, -0.05) is 41.0 Å². The van der Waals surface area contributed by atoms with Crippen molar-refractivity contribution in [3.05, 3.63) is 65.0 Å². The van der Waals surface area contributed by atoms with Crippen LogP contribution in [0.1, 0.15) is 11.5 Å². The minimum Gasteiger partial charge on any atom is -0.497 e. The highest BCUT2D eigenvalue weighted by molar-refractivity contribution is 6.30. The zero-order valence-corrected chi connectivity index (χ0v) is 15.0. The second kappa shape index (κ2) is 8.49. The fraction of sp³-hybridized carbons (Fsp3) is 0.211. The fourth-order valence-electron chi connectivity index (χ4n) is 2.39. The molecule has 1 amide bonds. The van der Waals surface area contributed by atoms with E-state index in [1.54, 1.807) is 19.2 Å². The summed E-state index contributed by atoms with van der Waals surface area (Å²) >= 11 is 5.83. The summed E-state index contributed by atoms with van der Waals surface area (Å²) in [4.78, 5) is 16.3.